The SMILES string of the molecule is COc1ccc(CC(=O)N2CCC(c3ccccc3OC)=N2)cc1. The van der Waals surface area contributed by atoms with Crippen LogP contribution in [0.1, 0.15) is 17.5 Å². The van der Waals surface area contributed by atoms with Crippen LogP contribution in [0, 0.1) is 0 Å². The van der Waals surface area contributed by atoms with Crippen LogP contribution in [-0.4, -0.2) is 37.4 Å². The Kier molecular flexibility index (Phi) is 4.79. The number of hydrogen-bond acceptors (Lipinski definition) is 4. The van der Waals surface area contributed by atoms with Crippen molar-refractivity contribution in [2.45, 2.75) is 12.8 Å². The number of ether oxygens (including phenoxy) is 2. The van der Waals surface area contributed by atoms with Gasteiger partial charge >= 0.3 is 0 Å². The Morgan fingerprint density at radius 3 is 2.54 bits per heavy atom. The monoisotopic (exact) mass is 324 g/mol. The van der Waals surface area contributed by atoms with Crippen molar-refractivity contribution < 1.29 is 14.3 Å². The highest BCUT2D eigenvalue weighted by molar-refractivity contribution is 6.04. The standard InChI is InChI=1S/C19H20N2O3/c1-23-15-9-7-14(8-10-15)13-19(22)21-12-11-17(20-21)16-5-3-4-6-18(16)24-2/h3-10H,11-13H2,1-2H3. The molecule has 0 fully saturated rings. The molecule has 0 atom stereocenters. The predicted octanol–water partition coefficient (Wildman–Crippen LogP) is 2.88. The molecule has 0 saturated heterocycles. The fraction of sp³-hybridized carbons (Fsp3) is 0.263. The molecule has 5 nitrogen and oxygen atoms in total. The molecule has 0 spiro atoms. The van der Waals surface area contributed by atoms with Crippen LogP contribution in [0.15, 0.2) is 53.6 Å². The maximum Gasteiger partial charge on any atom is 0.247 e. The van der Waals surface area contributed by atoms with Gasteiger partial charge in [0.25, 0.3) is 0 Å². The number of nitrogens with zero attached hydrogens (tertiary/aromatic N) is 2. The average molecular weight is 324 g/mol. The maximum atomic E-state index is 12.5. The van der Waals surface area contributed by atoms with Crippen LogP contribution in [0.3, 0.4) is 0 Å². The van der Waals surface area contributed by atoms with Crippen LogP contribution in [-0.2, 0) is 11.2 Å². The summed E-state index contributed by atoms with van der Waals surface area (Å²) in [6, 6.07) is 15.3. The van der Waals surface area contributed by atoms with E-state index in [2.05, 4.69) is 5.10 Å². The van der Waals surface area contributed by atoms with Crippen LogP contribution >= 0.6 is 0 Å². The number of methoxy groups -OCH3 is 2. The largest absolute Gasteiger partial charge is 0.497 e. The van der Waals surface area contributed by atoms with E-state index in [1.807, 2.05) is 48.5 Å². The van der Waals surface area contributed by atoms with E-state index < -0.39 is 0 Å². The minimum Gasteiger partial charge on any atom is -0.497 e. The molecule has 0 saturated carbocycles. The van der Waals surface area contributed by atoms with Gasteiger partial charge in [-0.1, -0.05) is 24.3 Å². The van der Waals surface area contributed by atoms with Crippen molar-refractivity contribution in [1.29, 1.82) is 0 Å². The lowest BCUT2D eigenvalue weighted by Gasteiger charge is -2.11. The number of hydrazone groups is 1. The van der Waals surface area contributed by atoms with Gasteiger partial charge in [-0.25, -0.2) is 5.01 Å². The first-order chi connectivity index (χ1) is 11.7. The lowest BCUT2D eigenvalue weighted by Crippen LogP contribution is -2.25. The molecule has 1 aliphatic heterocycles. The number of hydrogen-bond donors (Lipinski definition) is 0. The first-order valence-electron chi connectivity index (χ1n) is 7.85. The van der Waals surface area contributed by atoms with Crippen LogP contribution in [0.4, 0.5) is 0 Å². The Morgan fingerprint density at radius 1 is 1.08 bits per heavy atom. The average Bonchev–Trinajstić information content (AvgIpc) is 3.12. The van der Waals surface area contributed by atoms with Gasteiger partial charge in [0.1, 0.15) is 11.5 Å². The van der Waals surface area contributed by atoms with Gasteiger partial charge in [0.2, 0.25) is 5.91 Å². The second-order valence-corrected chi connectivity index (χ2v) is 5.54. The quantitative estimate of drug-likeness (QED) is 0.850. The van der Waals surface area contributed by atoms with Crippen molar-refractivity contribution in [2.75, 3.05) is 20.8 Å². The number of rotatable bonds is 5. The minimum absolute atomic E-state index is 0.00920. The normalized spacial score (nSPS) is 13.6. The second kappa shape index (κ2) is 7.17. The fourth-order valence-electron chi connectivity index (χ4n) is 2.72. The molecular formula is C19H20N2O3. The van der Waals surface area contributed by atoms with E-state index in [9.17, 15) is 4.79 Å². The zero-order chi connectivity index (χ0) is 16.9. The highest BCUT2D eigenvalue weighted by Crippen LogP contribution is 2.23. The molecule has 2 aromatic carbocycles. The molecule has 1 aliphatic rings. The van der Waals surface area contributed by atoms with Crippen molar-refractivity contribution in [3.05, 3.63) is 59.7 Å². The molecule has 0 bridgehead atoms. The Hall–Kier alpha value is -2.82. The summed E-state index contributed by atoms with van der Waals surface area (Å²) in [5.74, 6) is 1.55. The molecule has 0 aliphatic carbocycles. The van der Waals surface area contributed by atoms with Gasteiger partial charge in [0.05, 0.1) is 32.9 Å². The topological polar surface area (TPSA) is 51.1 Å². The summed E-state index contributed by atoms with van der Waals surface area (Å²) in [6.45, 7) is 0.600. The molecule has 1 heterocycles. The summed E-state index contributed by atoms with van der Waals surface area (Å²) in [7, 11) is 3.26. The van der Waals surface area contributed by atoms with E-state index in [1.165, 1.54) is 0 Å². The first kappa shape index (κ1) is 16.1. The zero-order valence-corrected chi connectivity index (χ0v) is 13.9. The first-order valence-corrected chi connectivity index (χ1v) is 7.85. The van der Waals surface area contributed by atoms with Gasteiger partial charge in [-0.05, 0) is 29.8 Å². The summed E-state index contributed by atoms with van der Waals surface area (Å²) >= 11 is 0. The molecule has 0 N–H and O–H groups in total. The lowest BCUT2D eigenvalue weighted by molar-refractivity contribution is -0.130. The van der Waals surface area contributed by atoms with Crippen LogP contribution in [0.25, 0.3) is 0 Å². The molecule has 24 heavy (non-hydrogen) atoms. The summed E-state index contributed by atoms with van der Waals surface area (Å²) in [5.41, 5.74) is 2.78. The Bertz CT molecular complexity index is 753. The molecule has 124 valence electrons. The highest BCUT2D eigenvalue weighted by Gasteiger charge is 2.23. The van der Waals surface area contributed by atoms with Gasteiger partial charge < -0.3 is 9.47 Å². The third-order valence-electron chi connectivity index (χ3n) is 4.02. The summed E-state index contributed by atoms with van der Waals surface area (Å²) in [5, 5.41) is 6.04. The number of benzene rings is 2. The van der Waals surface area contributed by atoms with Crippen molar-refractivity contribution in [2.24, 2.45) is 5.10 Å². The molecule has 0 unspecified atom stereocenters. The fourth-order valence-corrected chi connectivity index (χ4v) is 2.72. The lowest BCUT2D eigenvalue weighted by atomic mass is 10.1. The van der Waals surface area contributed by atoms with E-state index >= 15 is 0 Å². The summed E-state index contributed by atoms with van der Waals surface area (Å²) < 4.78 is 10.5. The molecular weight excluding hydrogens is 304 g/mol. The summed E-state index contributed by atoms with van der Waals surface area (Å²) in [6.07, 6.45) is 1.06. The van der Waals surface area contributed by atoms with E-state index in [4.69, 9.17) is 9.47 Å². The smallest absolute Gasteiger partial charge is 0.247 e. The molecule has 0 radical (unpaired) electrons. The van der Waals surface area contributed by atoms with Gasteiger partial charge in [0, 0.05) is 12.0 Å². The molecule has 0 aromatic heterocycles. The van der Waals surface area contributed by atoms with Crippen LogP contribution in [0.5, 0.6) is 11.5 Å². The van der Waals surface area contributed by atoms with Crippen LogP contribution in [0.2, 0.25) is 0 Å². The zero-order valence-electron chi connectivity index (χ0n) is 13.9. The van der Waals surface area contributed by atoms with E-state index in [1.54, 1.807) is 19.2 Å². The predicted molar refractivity (Wildman–Crippen MR) is 92.6 cm³/mol. The molecule has 3 rings (SSSR count). The van der Waals surface area contributed by atoms with Gasteiger partial charge in [-0.15, -0.1) is 0 Å². The minimum atomic E-state index is -0.00920. The van der Waals surface area contributed by atoms with Gasteiger partial charge in [-0.3, -0.25) is 4.79 Å². The highest BCUT2D eigenvalue weighted by atomic mass is 16.5. The third-order valence-corrected chi connectivity index (χ3v) is 4.02. The Labute approximate surface area is 141 Å². The van der Waals surface area contributed by atoms with Gasteiger partial charge in [-0.2, -0.15) is 5.10 Å². The van der Waals surface area contributed by atoms with Gasteiger partial charge in [0.15, 0.2) is 0 Å². The Balaban J connectivity index is 1.71. The second-order valence-electron chi connectivity index (χ2n) is 5.54. The number of carbonyl (C=O) groups excluding carboxylic acids is 1. The van der Waals surface area contributed by atoms with Crippen molar-refractivity contribution in [3.63, 3.8) is 0 Å². The van der Waals surface area contributed by atoms with Crippen molar-refractivity contribution in [3.8, 4) is 11.5 Å². The van der Waals surface area contributed by atoms with Crippen molar-refractivity contribution in [1.82, 2.24) is 5.01 Å². The molecule has 2 aromatic rings. The van der Waals surface area contributed by atoms with E-state index in [-0.39, 0.29) is 5.91 Å². The summed E-state index contributed by atoms with van der Waals surface area (Å²) in [4.78, 5) is 12.5. The van der Waals surface area contributed by atoms with E-state index in [0.717, 1.165) is 34.8 Å². The van der Waals surface area contributed by atoms with E-state index in [0.29, 0.717) is 13.0 Å². The number of amides is 1. The third kappa shape index (κ3) is 3.40. The molecule has 1 amide bonds. The molecule has 5 heteroatoms. The Morgan fingerprint density at radius 2 is 1.83 bits per heavy atom. The maximum absolute atomic E-state index is 12.5. The van der Waals surface area contributed by atoms with Crippen LogP contribution < -0.4 is 9.47 Å². The number of para-hydroxylation sites is 1. The number of carbonyl (C=O) groups is 1. The van der Waals surface area contributed by atoms with Crippen molar-refractivity contribution >= 4 is 11.6 Å².